The second kappa shape index (κ2) is 3.67. The van der Waals surface area contributed by atoms with E-state index in [0.29, 0.717) is 6.54 Å². The number of aliphatic hydroxyl groups excluding tert-OH is 1. The van der Waals surface area contributed by atoms with Crippen molar-refractivity contribution in [2.45, 2.75) is 0 Å². The van der Waals surface area contributed by atoms with Crippen LogP contribution in [-0.4, -0.2) is 30.4 Å². The minimum atomic E-state index is 0.0600. The van der Waals surface area contributed by atoms with Gasteiger partial charge in [0.2, 0.25) is 0 Å². The maximum absolute atomic E-state index is 9.01. The molecule has 74 valence electrons. The van der Waals surface area contributed by atoms with Crippen molar-refractivity contribution in [2.24, 2.45) is 0 Å². The van der Waals surface area contributed by atoms with E-state index < -0.39 is 0 Å². The monoisotopic (exact) mass is 192 g/mol. The number of aromatic nitrogens is 1. The summed E-state index contributed by atoms with van der Waals surface area (Å²) in [5.74, 6) is 1.58. The molecule has 14 heavy (non-hydrogen) atoms. The van der Waals surface area contributed by atoms with Crippen molar-refractivity contribution in [1.29, 1.82) is 0 Å². The van der Waals surface area contributed by atoms with Crippen molar-refractivity contribution in [1.82, 2.24) is 4.98 Å². The number of hydrogen-bond acceptors (Lipinski definition) is 4. The average Bonchev–Trinajstić information content (AvgIpc) is 2.27. The van der Waals surface area contributed by atoms with Crippen LogP contribution < -0.4 is 10.1 Å². The van der Waals surface area contributed by atoms with Crippen LogP contribution in [0.3, 0.4) is 0 Å². The topological polar surface area (TPSA) is 54.4 Å². The number of nitrogens with zero attached hydrogens (tertiary/aromatic N) is 1. The molecule has 2 heterocycles. The lowest BCUT2D eigenvalue weighted by molar-refractivity contribution is 0.331. The number of ether oxygens (including phenoxy) is 1. The molecule has 0 atom stereocenters. The van der Waals surface area contributed by atoms with Crippen molar-refractivity contribution >= 4 is 11.9 Å². The van der Waals surface area contributed by atoms with Gasteiger partial charge in [-0.15, -0.1) is 0 Å². The standard InChI is InChI=1S/C10H12N2O2/c1-14-9-2-3-11-10-8(9)4-7(6-13)5-12-10/h2-4,13H,5-6H2,1H3,(H,11,12). The Morgan fingerprint density at radius 2 is 2.50 bits per heavy atom. The summed E-state index contributed by atoms with van der Waals surface area (Å²) in [7, 11) is 1.62. The van der Waals surface area contributed by atoms with Crippen LogP contribution in [-0.2, 0) is 0 Å². The van der Waals surface area contributed by atoms with Gasteiger partial charge in [0.15, 0.2) is 0 Å². The van der Waals surface area contributed by atoms with Crippen LogP contribution in [0.5, 0.6) is 5.75 Å². The van der Waals surface area contributed by atoms with E-state index in [-0.39, 0.29) is 6.61 Å². The minimum absolute atomic E-state index is 0.0600. The van der Waals surface area contributed by atoms with Gasteiger partial charge in [0.05, 0.1) is 19.3 Å². The van der Waals surface area contributed by atoms with E-state index in [1.165, 1.54) is 0 Å². The van der Waals surface area contributed by atoms with Crippen molar-refractivity contribution < 1.29 is 9.84 Å². The van der Waals surface area contributed by atoms with E-state index in [2.05, 4.69) is 10.3 Å². The van der Waals surface area contributed by atoms with Gasteiger partial charge >= 0.3 is 0 Å². The minimum Gasteiger partial charge on any atom is -0.496 e. The van der Waals surface area contributed by atoms with E-state index in [1.54, 1.807) is 19.4 Å². The van der Waals surface area contributed by atoms with Crippen molar-refractivity contribution in [3.8, 4) is 5.75 Å². The molecule has 0 aromatic carbocycles. The molecule has 4 heteroatoms. The molecule has 1 aromatic heterocycles. The summed E-state index contributed by atoms with van der Waals surface area (Å²) >= 11 is 0. The molecule has 0 spiro atoms. The summed E-state index contributed by atoms with van der Waals surface area (Å²) in [4.78, 5) is 4.18. The first-order valence-electron chi connectivity index (χ1n) is 4.42. The smallest absolute Gasteiger partial charge is 0.137 e. The fourth-order valence-electron chi connectivity index (χ4n) is 1.47. The molecule has 2 rings (SSSR count). The van der Waals surface area contributed by atoms with Crippen LogP contribution in [0.4, 0.5) is 5.82 Å². The summed E-state index contributed by atoms with van der Waals surface area (Å²) in [6, 6.07) is 1.80. The molecule has 4 nitrogen and oxygen atoms in total. The van der Waals surface area contributed by atoms with Gasteiger partial charge in [-0.3, -0.25) is 0 Å². The number of nitrogens with one attached hydrogen (secondary N) is 1. The molecule has 1 aliphatic heterocycles. The van der Waals surface area contributed by atoms with Gasteiger partial charge in [0.1, 0.15) is 11.6 Å². The van der Waals surface area contributed by atoms with E-state index in [4.69, 9.17) is 9.84 Å². The predicted molar refractivity (Wildman–Crippen MR) is 54.3 cm³/mol. The molecule has 0 saturated heterocycles. The molecule has 0 fully saturated rings. The number of hydrogen-bond donors (Lipinski definition) is 2. The fourth-order valence-corrected chi connectivity index (χ4v) is 1.47. The van der Waals surface area contributed by atoms with Gasteiger partial charge < -0.3 is 15.2 Å². The lowest BCUT2D eigenvalue weighted by Crippen LogP contribution is -2.14. The third kappa shape index (κ3) is 1.44. The first-order chi connectivity index (χ1) is 6.85. The van der Waals surface area contributed by atoms with Gasteiger partial charge in [0, 0.05) is 12.7 Å². The molecule has 2 N–H and O–H groups in total. The highest BCUT2D eigenvalue weighted by Gasteiger charge is 2.13. The summed E-state index contributed by atoms with van der Waals surface area (Å²) in [5, 5.41) is 12.1. The Bertz CT molecular complexity index is 374. The van der Waals surface area contributed by atoms with Crippen molar-refractivity contribution in [3.05, 3.63) is 23.4 Å². The third-order valence-electron chi connectivity index (χ3n) is 2.20. The quantitative estimate of drug-likeness (QED) is 0.730. The van der Waals surface area contributed by atoms with Crippen LogP contribution in [0.2, 0.25) is 0 Å². The molecule has 0 radical (unpaired) electrons. The summed E-state index contributed by atoms with van der Waals surface area (Å²) < 4.78 is 5.20. The Morgan fingerprint density at radius 3 is 3.21 bits per heavy atom. The molecule has 0 saturated carbocycles. The number of anilines is 1. The summed E-state index contributed by atoms with van der Waals surface area (Å²) in [5.41, 5.74) is 1.84. The van der Waals surface area contributed by atoms with E-state index >= 15 is 0 Å². The second-order valence-corrected chi connectivity index (χ2v) is 3.09. The Morgan fingerprint density at radius 1 is 1.64 bits per heavy atom. The SMILES string of the molecule is COc1ccnc2c1C=C(CO)CN2. The zero-order valence-electron chi connectivity index (χ0n) is 7.95. The van der Waals surface area contributed by atoms with Gasteiger partial charge in [-0.05, 0) is 17.7 Å². The number of aliphatic hydroxyl groups is 1. The highest BCUT2D eigenvalue weighted by Crippen LogP contribution is 2.29. The van der Waals surface area contributed by atoms with Crippen molar-refractivity contribution in [2.75, 3.05) is 25.6 Å². The number of rotatable bonds is 2. The van der Waals surface area contributed by atoms with Gasteiger partial charge in [0.25, 0.3) is 0 Å². The zero-order valence-corrected chi connectivity index (χ0v) is 7.95. The maximum atomic E-state index is 9.01. The maximum Gasteiger partial charge on any atom is 0.137 e. The molecular formula is C10H12N2O2. The highest BCUT2D eigenvalue weighted by molar-refractivity contribution is 5.73. The number of pyridine rings is 1. The van der Waals surface area contributed by atoms with Crippen LogP contribution in [0.15, 0.2) is 17.8 Å². The van der Waals surface area contributed by atoms with Gasteiger partial charge in [-0.1, -0.05) is 0 Å². The Kier molecular flexibility index (Phi) is 2.37. The second-order valence-electron chi connectivity index (χ2n) is 3.09. The largest absolute Gasteiger partial charge is 0.496 e. The highest BCUT2D eigenvalue weighted by atomic mass is 16.5. The van der Waals surface area contributed by atoms with E-state index in [0.717, 1.165) is 22.7 Å². The molecule has 0 aliphatic carbocycles. The normalized spacial score (nSPS) is 14.0. The lowest BCUT2D eigenvalue weighted by Gasteiger charge is -2.18. The molecule has 0 bridgehead atoms. The third-order valence-corrected chi connectivity index (χ3v) is 2.20. The predicted octanol–water partition coefficient (Wildman–Crippen LogP) is 0.891. The first kappa shape index (κ1) is 9.02. The molecule has 0 unspecified atom stereocenters. The van der Waals surface area contributed by atoms with Crippen molar-refractivity contribution in [3.63, 3.8) is 0 Å². The molecule has 1 aliphatic rings. The first-order valence-corrected chi connectivity index (χ1v) is 4.42. The van der Waals surface area contributed by atoms with Gasteiger partial charge in [-0.25, -0.2) is 4.98 Å². The number of fused-ring (bicyclic) bond motifs is 1. The van der Waals surface area contributed by atoms with Crippen LogP contribution in [0.1, 0.15) is 5.56 Å². The van der Waals surface area contributed by atoms with Crippen LogP contribution in [0, 0.1) is 0 Å². The van der Waals surface area contributed by atoms with E-state index in [1.807, 2.05) is 6.08 Å². The summed E-state index contributed by atoms with van der Waals surface area (Å²) in [6.45, 7) is 0.703. The average molecular weight is 192 g/mol. The van der Waals surface area contributed by atoms with Crippen LogP contribution >= 0.6 is 0 Å². The zero-order chi connectivity index (χ0) is 9.97. The van der Waals surface area contributed by atoms with Gasteiger partial charge in [-0.2, -0.15) is 0 Å². The Labute approximate surface area is 82.2 Å². The fraction of sp³-hybridized carbons (Fsp3) is 0.300. The molecule has 1 aromatic rings. The van der Waals surface area contributed by atoms with E-state index in [9.17, 15) is 0 Å². The lowest BCUT2D eigenvalue weighted by atomic mass is 10.1. The summed E-state index contributed by atoms with van der Waals surface area (Å²) in [6.07, 6.45) is 3.61. The molecule has 0 amide bonds. The Hall–Kier alpha value is -1.55. The Balaban J connectivity index is 2.48. The van der Waals surface area contributed by atoms with Crippen LogP contribution in [0.25, 0.3) is 6.08 Å². The number of methoxy groups -OCH3 is 1. The molecular weight excluding hydrogens is 180 g/mol.